The summed E-state index contributed by atoms with van der Waals surface area (Å²) >= 11 is 0. The predicted octanol–water partition coefficient (Wildman–Crippen LogP) is 4.76. The van der Waals surface area contributed by atoms with Crippen molar-refractivity contribution in [2.75, 3.05) is 5.32 Å². The van der Waals surface area contributed by atoms with Gasteiger partial charge in [0.25, 0.3) is 0 Å². The first-order chi connectivity index (χ1) is 12.8. The molecule has 3 N–H and O–H groups in total. The Morgan fingerprint density at radius 3 is 2.54 bits per heavy atom. The van der Waals surface area contributed by atoms with Crippen LogP contribution >= 0.6 is 0 Å². The molecule has 0 radical (unpaired) electrons. The van der Waals surface area contributed by atoms with Crippen molar-refractivity contribution >= 4 is 16.9 Å². The van der Waals surface area contributed by atoms with Crippen molar-refractivity contribution < 1.29 is 0 Å². The summed E-state index contributed by atoms with van der Waals surface area (Å²) in [5.41, 5.74) is 9.73. The summed E-state index contributed by atoms with van der Waals surface area (Å²) in [6.07, 6.45) is 9.12. The highest BCUT2D eigenvalue weighted by molar-refractivity contribution is 5.84. The van der Waals surface area contributed by atoms with Crippen molar-refractivity contribution in [3.63, 3.8) is 0 Å². The van der Waals surface area contributed by atoms with Crippen LogP contribution in [0.1, 0.15) is 38.5 Å². The number of nitrogens with one attached hydrogen (secondary N) is 1. The Morgan fingerprint density at radius 1 is 0.885 bits per heavy atom. The number of nitrogens with zero attached hydrogens (tertiary/aromatic N) is 2. The van der Waals surface area contributed by atoms with Gasteiger partial charge >= 0.3 is 0 Å². The molecule has 26 heavy (non-hydrogen) atoms. The van der Waals surface area contributed by atoms with E-state index in [9.17, 15) is 0 Å². The topological polar surface area (TPSA) is 63.8 Å². The molecule has 1 saturated carbocycles. The maximum Gasteiger partial charge on any atom is 0.223 e. The average Bonchev–Trinajstić information content (AvgIpc) is 2.68. The highest BCUT2D eigenvalue weighted by Crippen LogP contribution is 2.24. The molecule has 0 aliphatic heterocycles. The number of fused-ring (bicyclic) bond motifs is 1. The van der Waals surface area contributed by atoms with Gasteiger partial charge in [-0.2, -0.15) is 0 Å². The smallest absolute Gasteiger partial charge is 0.223 e. The maximum atomic E-state index is 6.38. The molecule has 2 aromatic carbocycles. The van der Waals surface area contributed by atoms with E-state index in [1.165, 1.54) is 36.8 Å². The lowest BCUT2D eigenvalue weighted by Gasteiger charge is -2.27. The van der Waals surface area contributed by atoms with E-state index >= 15 is 0 Å². The molecule has 4 nitrogen and oxygen atoms in total. The molecule has 1 heterocycles. The number of nitrogens with two attached hydrogens (primary N) is 1. The molecule has 1 aliphatic carbocycles. The van der Waals surface area contributed by atoms with Crippen LogP contribution in [0.2, 0.25) is 0 Å². The second-order valence-electron chi connectivity index (χ2n) is 7.24. The summed E-state index contributed by atoms with van der Waals surface area (Å²) in [7, 11) is 0. The van der Waals surface area contributed by atoms with Gasteiger partial charge in [0.15, 0.2) is 0 Å². The van der Waals surface area contributed by atoms with Crippen molar-refractivity contribution in [1.29, 1.82) is 0 Å². The first-order valence-corrected chi connectivity index (χ1v) is 9.64. The van der Waals surface area contributed by atoms with Gasteiger partial charge in [-0.1, -0.05) is 62.1 Å². The Bertz CT molecular complexity index is 862. The minimum Gasteiger partial charge on any atom is -0.350 e. The zero-order valence-corrected chi connectivity index (χ0v) is 15.1. The lowest BCUT2D eigenvalue weighted by molar-refractivity contribution is 0.419. The molecular formula is C22H26N4. The first-order valence-electron chi connectivity index (χ1n) is 9.64. The fourth-order valence-corrected chi connectivity index (χ4v) is 3.77. The van der Waals surface area contributed by atoms with Crippen LogP contribution in [-0.4, -0.2) is 22.1 Å². The molecule has 1 aliphatic rings. The Balaban J connectivity index is 1.55. The van der Waals surface area contributed by atoms with Crippen molar-refractivity contribution in [2.45, 2.75) is 50.6 Å². The van der Waals surface area contributed by atoms with Crippen molar-refractivity contribution in [3.05, 3.63) is 54.7 Å². The molecule has 4 rings (SSSR count). The Hall–Kier alpha value is -2.46. The molecule has 0 amide bonds. The molecule has 4 heteroatoms. The van der Waals surface area contributed by atoms with Crippen LogP contribution in [0.3, 0.4) is 0 Å². The highest BCUT2D eigenvalue weighted by Gasteiger charge is 2.20. The van der Waals surface area contributed by atoms with E-state index in [2.05, 4.69) is 52.8 Å². The van der Waals surface area contributed by atoms with Crippen LogP contribution in [0.25, 0.3) is 22.0 Å². The largest absolute Gasteiger partial charge is 0.350 e. The summed E-state index contributed by atoms with van der Waals surface area (Å²) in [5, 5.41) is 4.54. The fourth-order valence-electron chi connectivity index (χ4n) is 3.77. The van der Waals surface area contributed by atoms with Crippen LogP contribution in [0.4, 0.5) is 5.95 Å². The van der Waals surface area contributed by atoms with E-state index < -0.39 is 0 Å². The quantitative estimate of drug-likeness (QED) is 0.718. The minimum atomic E-state index is 0.176. The van der Waals surface area contributed by atoms with Gasteiger partial charge in [0.05, 0.1) is 5.52 Å². The normalized spacial score (nSPS) is 21.1. The van der Waals surface area contributed by atoms with E-state index in [-0.39, 0.29) is 12.1 Å². The number of hydrogen-bond acceptors (Lipinski definition) is 4. The number of hydrogen-bond donors (Lipinski definition) is 2. The lowest BCUT2D eigenvalue weighted by Crippen LogP contribution is -2.41. The van der Waals surface area contributed by atoms with Gasteiger partial charge in [-0.25, -0.2) is 9.97 Å². The molecule has 3 aromatic rings. The Kier molecular flexibility index (Phi) is 5.12. The third-order valence-electron chi connectivity index (χ3n) is 5.32. The summed E-state index contributed by atoms with van der Waals surface area (Å²) < 4.78 is 0. The van der Waals surface area contributed by atoms with Crippen LogP contribution in [0, 0.1) is 0 Å². The monoisotopic (exact) mass is 346 g/mol. The van der Waals surface area contributed by atoms with Crippen molar-refractivity contribution in [1.82, 2.24) is 9.97 Å². The summed E-state index contributed by atoms with van der Waals surface area (Å²) in [6, 6.07) is 17.2. The molecule has 1 aromatic heterocycles. The molecular weight excluding hydrogens is 320 g/mol. The van der Waals surface area contributed by atoms with Gasteiger partial charge in [0.1, 0.15) is 0 Å². The van der Waals surface area contributed by atoms with Gasteiger partial charge in [-0.15, -0.1) is 0 Å². The molecule has 2 atom stereocenters. The lowest BCUT2D eigenvalue weighted by atomic mass is 9.93. The van der Waals surface area contributed by atoms with E-state index in [0.717, 1.165) is 23.7 Å². The third kappa shape index (κ3) is 3.86. The van der Waals surface area contributed by atoms with Crippen LogP contribution in [0.15, 0.2) is 54.7 Å². The molecule has 134 valence electrons. The van der Waals surface area contributed by atoms with E-state index in [1.54, 1.807) is 0 Å². The Labute approximate surface area is 154 Å². The summed E-state index contributed by atoms with van der Waals surface area (Å²) in [4.78, 5) is 9.26. The van der Waals surface area contributed by atoms with Gasteiger partial charge in [0, 0.05) is 23.7 Å². The van der Waals surface area contributed by atoms with Crippen molar-refractivity contribution in [2.24, 2.45) is 5.73 Å². The number of rotatable bonds is 3. The van der Waals surface area contributed by atoms with Crippen LogP contribution in [-0.2, 0) is 0 Å². The second-order valence-corrected chi connectivity index (χ2v) is 7.24. The van der Waals surface area contributed by atoms with Crippen LogP contribution in [0.5, 0.6) is 0 Å². The fraction of sp³-hybridized carbons (Fsp3) is 0.364. The van der Waals surface area contributed by atoms with Gasteiger partial charge in [-0.05, 0) is 36.1 Å². The maximum absolute atomic E-state index is 6.38. The zero-order valence-electron chi connectivity index (χ0n) is 15.1. The summed E-state index contributed by atoms with van der Waals surface area (Å²) in [5.74, 6) is 0.686. The SMILES string of the molecule is NC1CCCCCCC1Nc1ncc2cc(-c3ccccc3)ccc2n1. The minimum absolute atomic E-state index is 0.176. The standard InChI is InChI=1S/C22H26N4/c23-19-10-6-1-2-7-11-21(19)26-22-24-15-18-14-17(12-13-20(18)25-22)16-8-4-3-5-9-16/h3-5,8-9,12-15,19,21H,1-2,6-7,10-11,23H2,(H,24,25,26). The van der Waals surface area contributed by atoms with Crippen LogP contribution < -0.4 is 11.1 Å². The van der Waals surface area contributed by atoms with Gasteiger partial charge in [-0.3, -0.25) is 0 Å². The molecule has 0 bridgehead atoms. The molecule has 2 unspecified atom stereocenters. The first kappa shape index (κ1) is 17.0. The molecule has 0 spiro atoms. The van der Waals surface area contributed by atoms with Gasteiger partial charge < -0.3 is 11.1 Å². The predicted molar refractivity (Wildman–Crippen MR) is 108 cm³/mol. The molecule has 0 saturated heterocycles. The van der Waals surface area contributed by atoms with E-state index in [1.807, 2.05) is 12.3 Å². The number of benzene rings is 2. The Morgan fingerprint density at radius 2 is 1.69 bits per heavy atom. The zero-order chi connectivity index (χ0) is 17.8. The average molecular weight is 346 g/mol. The third-order valence-corrected chi connectivity index (χ3v) is 5.32. The van der Waals surface area contributed by atoms with E-state index in [4.69, 9.17) is 10.7 Å². The van der Waals surface area contributed by atoms with E-state index in [0.29, 0.717) is 5.95 Å². The summed E-state index contributed by atoms with van der Waals surface area (Å²) in [6.45, 7) is 0. The number of anilines is 1. The molecule has 1 fully saturated rings. The highest BCUT2D eigenvalue weighted by atomic mass is 15.1. The second kappa shape index (κ2) is 7.83. The van der Waals surface area contributed by atoms with Crippen molar-refractivity contribution in [3.8, 4) is 11.1 Å². The van der Waals surface area contributed by atoms with Gasteiger partial charge in [0.2, 0.25) is 5.95 Å². The number of aromatic nitrogens is 2.